The number of hydrogen-bond donors (Lipinski definition) is 4. The van der Waals surface area contributed by atoms with Crippen LogP contribution in [0, 0.1) is 6.92 Å². The minimum atomic E-state index is -1.42. The van der Waals surface area contributed by atoms with Gasteiger partial charge in [-0.3, -0.25) is 14.4 Å². The number of aliphatic hydroxyl groups excluding tert-OH is 1. The van der Waals surface area contributed by atoms with Gasteiger partial charge in [-0.05, 0) is 31.4 Å². The molecule has 1 unspecified atom stereocenters. The van der Waals surface area contributed by atoms with Gasteiger partial charge in [-0.15, -0.1) is 0 Å². The molecule has 2 amide bonds. The van der Waals surface area contributed by atoms with E-state index in [1.54, 1.807) is 19.9 Å². The average Bonchev–Trinajstić information content (AvgIpc) is 2.63. The molecule has 7 heteroatoms. The van der Waals surface area contributed by atoms with E-state index < -0.39 is 29.5 Å². The lowest BCUT2D eigenvalue weighted by molar-refractivity contribution is -0.130. The molecule has 2 atom stereocenters. The summed E-state index contributed by atoms with van der Waals surface area (Å²) in [6.45, 7) is 3.80. The number of nitrogens with one attached hydrogen (secondary N) is 3. The number of hydrogen-bond acceptors (Lipinski definition) is 4. The number of aryl methyl sites for hydroxylation is 1. The average molecular weight is 357 g/mol. The van der Waals surface area contributed by atoms with Gasteiger partial charge in [0.05, 0.1) is 6.04 Å². The van der Waals surface area contributed by atoms with E-state index in [2.05, 4.69) is 15.6 Å². The number of rotatable bonds is 7. The van der Waals surface area contributed by atoms with Crippen molar-refractivity contribution in [1.82, 2.24) is 15.6 Å². The van der Waals surface area contributed by atoms with Gasteiger partial charge in [0.25, 0.3) is 11.8 Å². The summed E-state index contributed by atoms with van der Waals surface area (Å²) in [6.07, 6.45) is -1.16. The van der Waals surface area contributed by atoms with Gasteiger partial charge >= 0.3 is 0 Å². The molecule has 2 rings (SSSR count). The van der Waals surface area contributed by atoms with Crippen LogP contribution in [0.3, 0.4) is 0 Å². The third-order valence-electron chi connectivity index (χ3n) is 3.97. The molecule has 2 aromatic rings. The zero-order chi connectivity index (χ0) is 19.1. The van der Waals surface area contributed by atoms with Gasteiger partial charge in [0.15, 0.2) is 6.10 Å². The van der Waals surface area contributed by atoms with E-state index in [1.165, 1.54) is 6.07 Å². The van der Waals surface area contributed by atoms with Crippen LogP contribution >= 0.6 is 0 Å². The molecule has 0 aliphatic rings. The number of carbonyl (C=O) groups excluding carboxylic acids is 2. The maximum absolute atomic E-state index is 12.6. The topological polar surface area (TPSA) is 111 Å². The number of benzene rings is 1. The van der Waals surface area contributed by atoms with E-state index in [1.807, 2.05) is 30.3 Å². The summed E-state index contributed by atoms with van der Waals surface area (Å²) in [5, 5.41) is 15.6. The van der Waals surface area contributed by atoms with Crippen molar-refractivity contribution in [3.8, 4) is 0 Å². The van der Waals surface area contributed by atoms with Crippen LogP contribution < -0.4 is 16.2 Å². The van der Waals surface area contributed by atoms with E-state index in [0.717, 1.165) is 5.56 Å². The van der Waals surface area contributed by atoms with Crippen LogP contribution in [-0.4, -0.2) is 40.6 Å². The van der Waals surface area contributed by atoms with Crippen LogP contribution in [0.1, 0.15) is 28.5 Å². The molecule has 0 spiro atoms. The van der Waals surface area contributed by atoms with E-state index >= 15 is 0 Å². The van der Waals surface area contributed by atoms with Crippen molar-refractivity contribution in [3.05, 3.63) is 69.6 Å². The molecule has 1 heterocycles. The second kappa shape index (κ2) is 8.96. The Bertz CT molecular complexity index is 817. The highest BCUT2D eigenvalue weighted by molar-refractivity contribution is 5.94. The molecule has 1 aromatic heterocycles. The maximum Gasteiger partial charge on any atom is 0.268 e. The van der Waals surface area contributed by atoms with Crippen molar-refractivity contribution in [2.45, 2.75) is 32.4 Å². The summed E-state index contributed by atoms with van der Waals surface area (Å²) in [6, 6.07) is 11.3. The zero-order valence-corrected chi connectivity index (χ0v) is 14.8. The Morgan fingerprint density at radius 1 is 1.15 bits per heavy atom. The van der Waals surface area contributed by atoms with Crippen LogP contribution in [0.2, 0.25) is 0 Å². The Hall–Kier alpha value is -2.93. The first-order valence-electron chi connectivity index (χ1n) is 8.43. The summed E-state index contributed by atoms with van der Waals surface area (Å²) < 4.78 is 0. The number of amides is 2. The Kier molecular flexibility index (Phi) is 6.68. The number of aromatic amines is 1. The molecule has 138 valence electrons. The summed E-state index contributed by atoms with van der Waals surface area (Å²) in [4.78, 5) is 38.6. The second-order valence-corrected chi connectivity index (χ2v) is 5.99. The van der Waals surface area contributed by atoms with Gasteiger partial charge in [-0.2, -0.15) is 0 Å². The van der Waals surface area contributed by atoms with E-state index in [0.29, 0.717) is 12.1 Å². The largest absolute Gasteiger partial charge is 0.381 e. The van der Waals surface area contributed by atoms with Crippen LogP contribution in [-0.2, 0) is 11.2 Å². The molecule has 0 aliphatic heterocycles. The first kappa shape index (κ1) is 19.4. The minimum Gasteiger partial charge on any atom is -0.381 e. The van der Waals surface area contributed by atoms with Gasteiger partial charge in [-0.25, -0.2) is 0 Å². The monoisotopic (exact) mass is 357 g/mol. The second-order valence-electron chi connectivity index (χ2n) is 5.99. The van der Waals surface area contributed by atoms with Crippen molar-refractivity contribution in [2.24, 2.45) is 0 Å². The van der Waals surface area contributed by atoms with Crippen LogP contribution in [0.15, 0.2) is 47.3 Å². The summed E-state index contributed by atoms with van der Waals surface area (Å²) in [7, 11) is 0. The number of carbonyl (C=O) groups is 2. The van der Waals surface area contributed by atoms with E-state index in [9.17, 15) is 19.5 Å². The lowest BCUT2D eigenvalue weighted by Crippen LogP contribution is -2.52. The molecule has 0 aliphatic carbocycles. The molecular weight excluding hydrogens is 334 g/mol. The number of aromatic nitrogens is 1. The molecule has 0 saturated heterocycles. The predicted octanol–water partition coefficient (Wildman–Crippen LogP) is 0.521. The molecule has 7 nitrogen and oxygen atoms in total. The normalized spacial score (nSPS) is 12.9. The molecule has 1 aromatic carbocycles. The molecule has 0 saturated carbocycles. The first-order chi connectivity index (χ1) is 12.4. The fourth-order valence-corrected chi connectivity index (χ4v) is 2.60. The third-order valence-corrected chi connectivity index (χ3v) is 3.97. The van der Waals surface area contributed by atoms with Gasteiger partial charge in [-0.1, -0.05) is 36.4 Å². The lowest BCUT2D eigenvalue weighted by atomic mass is 10.00. The third kappa shape index (κ3) is 5.03. The zero-order valence-electron chi connectivity index (χ0n) is 14.8. The summed E-state index contributed by atoms with van der Waals surface area (Å²) in [5.41, 5.74) is 1.16. The van der Waals surface area contributed by atoms with Crippen LogP contribution in [0.25, 0.3) is 0 Å². The highest BCUT2D eigenvalue weighted by atomic mass is 16.3. The van der Waals surface area contributed by atoms with E-state index in [4.69, 9.17) is 0 Å². The molecular formula is C19H23N3O4. The van der Waals surface area contributed by atoms with Gasteiger partial charge in [0.2, 0.25) is 5.56 Å². The van der Waals surface area contributed by atoms with Gasteiger partial charge < -0.3 is 20.7 Å². The fourth-order valence-electron chi connectivity index (χ4n) is 2.60. The number of aliphatic hydroxyl groups is 1. The van der Waals surface area contributed by atoms with Crippen molar-refractivity contribution < 1.29 is 14.7 Å². The van der Waals surface area contributed by atoms with E-state index in [-0.39, 0.29) is 12.1 Å². The molecule has 26 heavy (non-hydrogen) atoms. The van der Waals surface area contributed by atoms with Crippen molar-refractivity contribution in [1.29, 1.82) is 0 Å². The summed E-state index contributed by atoms with van der Waals surface area (Å²) >= 11 is 0. The molecule has 0 fully saturated rings. The Balaban J connectivity index is 2.25. The maximum atomic E-state index is 12.6. The minimum absolute atomic E-state index is 0.110. The fraction of sp³-hybridized carbons (Fsp3) is 0.316. The molecule has 0 radical (unpaired) electrons. The Labute approximate surface area is 151 Å². The SMILES string of the molecule is CCNC(=O)C(O)[C@H](Cc1ccccc1)NC(=O)c1[nH]c(=O)ccc1C. The quantitative estimate of drug-likeness (QED) is 0.579. The van der Waals surface area contributed by atoms with Crippen molar-refractivity contribution in [3.63, 3.8) is 0 Å². The standard InChI is InChI=1S/C19H23N3O4/c1-3-20-19(26)17(24)14(11-13-7-5-4-6-8-13)21-18(25)16-12(2)9-10-15(23)22-16/h4-10,14,17,24H,3,11H2,1-2H3,(H,20,26)(H,21,25)(H,22,23)/t14-,17?/m0/s1. The molecule has 0 bridgehead atoms. The first-order valence-corrected chi connectivity index (χ1v) is 8.43. The Morgan fingerprint density at radius 2 is 1.85 bits per heavy atom. The number of likely N-dealkylation sites (N-methyl/N-ethyl adjacent to an activating group) is 1. The van der Waals surface area contributed by atoms with Crippen molar-refractivity contribution >= 4 is 11.8 Å². The Morgan fingerprint density at radius 3 is 2.50 bits per heavy atom. The van der Waals surface area contributed by atoms with Gasteiger partial charge in [0.1, 0.15) is 5.69 Å². The predicted molar refractivity (Wildman–Crippen MR) is 97.9 cm³/mol. The number of H-pyrrole nitrogens is 1. The number of pyridine rings is 1. The highest BCUT2D eigenvalue weighted by Crippen LogP contribution is 2.09. The lowest BCUT2D eigenvalue weighted by Gasteiger charge is -2.24. The van der Waals surface area contributed by atoms with Crippen molar-refractivity contribution in [2.75, 3.05) is 6.54 Å². The van der Waals surface area contributed by atoms with Crippen LogP contribution in [0.4, 0.5) is 0 Å². The summed E-state index contributed by atoms with van der Waals surface area (Å²) in [5.74, 6) is -1.11. The smallest absolute Gasteiger partial charge is 0.268 e. The molecule has 4 N–H and O–H groups in total. The van der Waals surface area contributed by atoms with Gasteiger partial charge in [0, 0.05) is 12.6 Å². The van der Waals surface area contributed by atoms with Crippen LogP contribution in [0.5, 0.6) is 0 Å². The highest BCUT2D eigenvalue weighted by Gasteiger charge is 2.28.